The summed E-state index contributed by atoms with van der Waals surface area (Å²) in [6.45, 7) is 6.91. The number of rotatable bonds is 4. The fraction of sp³-hybridized carbons (Fsp3) is 0.350. The summed E-state index contributed by atoms with van der Waals surface area (Å²) in [6.07, 6.45) is 0. The predicted molar refractivity (Wildman–Crippen MR) is 106 cm³/mol. The van der Waals surface area contributed by atoms with Crippen molar-refractivity contribution >= 4 is 21.1 Å². The quantitative estimate of drug-likeness (QED) is 0.751. The molecule has 0 saturated carbocycles. The maximum atomic E-state index is 13.0. The Hall–Kier alpha value is -2.22. The minimum atomic E-state index is -3.44. The molecule has 1 aliphatic heterocycles. The van der Waals surface area contributed by atoms with Gasteiger partial charge >= 0.3 is 0 Å². The Morgan fingerprint density at radius 3 is 2.48 bits per heavy atom. The maximum absolute atomic E-state index is 13.0. The summed E-state index contributed by atoms with van der Waals surface area (Å²) in [4.78, 5) is 10.6. The van der Waals surface area contributed by atoms with Crippen molar-refractivity contribution in [2.75, 3.05) is 26.2 Å². The molecule has 2 aromatic carbocycles. The summed E-state index contributed by atoms with van der Waals surface area (Å²) < 4.78 is 27.6. The van der Waals surface area contributed by atoms with Gasteiger partial charge in [0.05, 0.1) is 22.5 Å². The van der Waals surface area contributed by atoms with Gasteiger partial charge in [0.15, 0.2) is 0 Å². The number of H-pyrrole nitrogens is 1. The summed E-state index contributed by atoms with van der Waals surface area (Å²) in [5, 5.41) is 0. The molecule has 0 bridgehead atoms. The molecule has 6 nitrogen and oxygen atoms in total. The van der Waals surface area contributed by atoms with E-state index in [1.165, 1.54) is 0 Å². The topological polar surface area (TPSA) is 69.3 Å². The highest BCUT2D eigenvalue weighted by atomic mass is 32.2. The first-order valence-corrected chi connectivity index (χ1v) is 10.6. The molecular formula is C20H24N4O2S. The molecule has 2 heterocycles. The SMILES string of the molecule is Cc1ccc(S(=O)(=O)N2CCN(Cc3nc4ccccc4[nH]3)CC2)c(C)c1. The first-order valence-electron chi connectivity index (χ1n) is 9.17. The molecule has 0 radical (unpaired) electrons. The first kappa shape index (κ1) is 18.2. The lowest BCUT2D eigenvalue weighted by atomic mass is 10.2. The van der Waals surface area contributed by atoms with Crippen LogP contribution in [0.5, 0.6) is 0 Å². The number of piperazine rings is 1. The van der Waals surface area contributed by atoms with Crippen LogP contribution >= 0.6 is 0 Å². The number of hydrogen-bond acceptors (Lipinski definition) is 4. The number of imidazole rings is 1. The van der Waals surface area contributed by atoms with Crippen LogP contribution in [0.15, 0.2) is 47.4 Å². The lowest BCUT2D eigenvalue weighted by molar-refractivity contribution is 0.178. The Balaban J connectivity index is 1.43. The zero-order valence-corrected chi connectivity index (χ0v) is 16.5. The number of nitrogens with zero attached hydrogens (tertiary/aromatic N) is 3. The molecule has 4 rings (SSSR count). The summed E-state index contributed by atoms with van der Waals surface area (Å²) in [5.74, 6) is 0.918. The normalized spacial score (nSPS) is 16.8. The Bertz CT molecular complexity index is 1030. The van der Waals surface area contributed by atoms with Crippen LogP contribution in [-0.2, 0) is 16.6 Å². The van der Waals surface area contributed by atoms with Gasteiger partial charge in [-0.05, 0) is 37.6 Å². The second kappa shape index (κ2) is 7.07. The van der Waals surface area contributed by atoms with Crippen LogP contribution < -0.4 is 0 Å². The fourth-order valence-corrected chi connectivity index (χ4v) is 5.28. The summed E-state index contributed by atoms with van der Waals surface area (Å²) in [6, 6.07) is 13.5. The molecule has 7 heteroatoms. The second-order valence-corrected chi connectivity index (χ2v) is 9.06. The van der Waals surface area contributed by atoms with Crippen molar-refractivity contribution in [1.29, 1.82) is 0 Å². The highest BCUT2D eigenvalue weighted by Gasteiger charge is 2.29. The number of aromatic nitrogens is 2. The van der Waals surface area contributed by atoms with Crippen LogP contribution in [0.2, 0.25) is 0 Å². The number of nitrogens with one attached hydrogen (secondary N) is 1. The summed E-state index contributed by atoms with van der Waals surface area (Å²) in [5.41, 5.74) is 3.87. The van der Waals surface area contributed by atoms with E-state index in [9.17, 15) is 8.42 Å². The Morgan fingerprint density at radius 1 is 1.04 bits per heavy atom. The van der Waals surface area contributed by atoms with Crippen LogP contribution in [0.1, 0.15) is 17.0 Å². The Morgan fingerprint density at radius 2 is 1.78 bits per heavy atom. The van der Waals surface area contributed by atoms with Gasteiger partial charge in [-0.25, -0.2) is 13.4 Å². The van der Waals surface area contributed by atoms with E-state index in [1.807, 2.05) is 50.2 Å². The van der Waals surface area contributed by atoms with E-state index < -0.39 is 10.0 Å². The fourth-order valence-electron chi connectivity index (χ4n) is 3.65. The molecule has 0 amide bonds. The number of para-hydroxylation sites is 2. The van der Waals surface area contributed by atoms with E-state index in [1.54, 1.807) is 10.4 Å². The number of benzene rings is 2. The molecule has 0 spiro atoms. The van der Waals surface area contributed by atoms with Gasteiger partial charge in [-0.1, -0.05) is 29.8 Å². The van der Waals surface area contributed by atoms with Crippen LogP contribution in [0.3, 0.4) is 0 Å². The van der Waals surface area contributed by atoms with Crippen LogP contribution in [-0.4, -0.2) is 53.8 Å². The van der Waals surface area contributed by atoms with Crippen molar-refractivity contribution in [3.8, 4) is 0 Å². The lowest BCUT2D eigenvalue weighted by Gasteiger charge is -2.33. The molecule has 142 valence electrons. The van der Waals surface area contributed by atoms with Crippen molar-refractivity contribution in [2.24, 2.45) is 0 Å². The average Bonchev–Trinajstić information content (AvgIpc) is 3.04. The lowest BCUT2D eigenvalue weighted by Crippen LogP contribution is -2.48. The molecular weight excluding hydrogens is 360 g/mol. The molecule has 0 unspecified atom stereocenters. The van der Waals surface area contributed by atoms with Crippen molar-refractivity contribution in [2.45, 2.75) is 25.3 Å². The molecule has 1 N–H and O–H groups in total. The second-order valence-electron chi connectivity index (χ2n) is 7.15. The predicted octanol–water partition coefficient (Wildman–Crippen LogP) is 2.69. The van der Waals surface area contributed by atoms with E-state index in [2.05, 4.69) is 14.9 Å². The summed E-state index contributed by atoms with van der Waals surface area (Å²) in [7, 11) is -3.44. The smallest absolute Gasteiger partial charge is 0.243 e. The average molecular weight is 385 g/mol. The molecule has 1 aliphatic rings. The number of aryl methyl sites for hydroxylation is 2. The van der Waals surface area contributed by atoms with Gasteiger partial charge in [0.2, 0.25) is 10.0 Å². The van der Waals surface area contributed by atoms with Gasteiger partial charge in [0.1, 0.15) is 5.82 Å². The standard InChI is InChI=1S/C20H24N4O2S/c1-15-7-8-19(16(2)13-15)27(25,26)24-11-9-23(10-12-24)14-20-21-17-5-3-4-6-18(17)22-20/h3-8,13H,9-12,14H2,1-2H3,(H,21,22). The van der Waals surface area contributed by atoms with E-state index in [0.29, 0.717) is 37.6 Å². The summed E-state index contributed by atoms with van der Waals surface area (Å²) >= 11 is 0. The highest BCUT2D eigenvalue weighted by molar-refractivity contribution is 7.89. The van der Waals surface area contributed by atoms with E-state index >= 15 is 0 Å². The zero-order chi connectivity index (χ0) is 19.0. The maximum Gasteiger partial charge on any atom is 0.243 e. The van der Waals surface area contributed by atoms with E-state index in [0.717, 1.165) is 28.0 Å². The van der Waals surface area contributed by atoms with Gasteiger partial charge in [0, 0.05) is 26.2 Å². The number of sulfonamides is 1. The highest BCUT2D eigenvalue weighted by Crippen LogP contribution is 2.22. The molecule has 1 saturated heterocycles. The van der Waals surface area contributed by atoms with Gasteiger partial charge < -0.3 is 4.98 Å². The Kier molecular flexibility index (Phi) is 4.75. The van der Waals surface area contributed by atoms with E-state index in [-0.39, 0.29) is 0 Å². The molecule has 3 aromatic rings. The number of aromatic amines is 1. The largest absolute Gasteiger partial charge is 0.341 e. The minimum Gasteiger partial charge on any atom is -0.341 e. The van der Waals surface area contributed by atoms with E-state index in [4.69, 9.17) is 0 Å². The third kappa shape index (κ3) is 3.63. The molecule has 0 aliphatic carbocycles. The van der Waals surface area contributed by atoms with Crippen molar-refractivity contribution < 1.29 is 8.42 Å². The third-order valence-corrected chi connectivity index (χ3v) is 7.15. The van der Waals surface area contributed by atoms with Crippen molar-refractivity contribution in [3.05, 3.63) is 59.4 Å². The zero-order valence-electron chi connectivity index (χ0n) is 15.6. The minimum absolute atomic E-state index is 0.416. The van der Waals surface area contributed by atoms with Crippen molar-refractivity contribution in [1.82, 2.24) is 19.2 Å². The van der Waals surface area contributed by atoms with Gasteiger partial charge in [0.25, 0.3) is 0 Å². The monoisotopic (exact) mass is 384 g/mol. The van der Waals surface area contributed by atoms with Crippen LogP contribution in [0.25, 0.3) is 11.0 Å². The van der Waals surface area contributed by atoms with Gasteiger partial charge in [-0.2, -0.15) is 4.31 Å². The van der Waals surface area contributed by atoms with Crippen molar-refractivity contribution in [3.63, 3.8) is 0 Å². The Labute approximate surface area is 159 Å². The molecule has 1 fully saturated rings. The molecule has 0 atom stereocenters. The molecule has 27 heavy (non-hydrogen) atoms. The van der Waals surface area contributed by atoms with Crippen LogP contribution in [0.4, 0.5) is 0 Å². The number of fused-ring (bicyclic) bond motifs is 1. The van der Waals surface area contributed by atoms with Gasteiger partial charge in [-0.3, -0.25) is 4.90 Å². The number of hydrogen-bond donors (Lipinski definition) is 1. The molecule has 1 aromatic heterocycles. The third-order valence-electron chi connectivity index (χ3n) is 5.09. The first-order chi connectivity index (χ1) is 12.9. The van der Waals surface area contributed by atoms with Crippen LogP contribution in [0, 0.1) is 13.8 Å². The van der Waals surface area contributed by atoms with Gasteiger partial charge in [-0.15, -0.1) is 0 Å².